The third-order valence-electron chi connectivity index (χ3n) is 3.09. The molecular formula is C18H32NO14P. The van der Waals surface area contributed by atoms with Crippen molar-refractivity contribution in [1.82, 2.24) is 5.32 Å². The highest BCUT2D eigenvalue weighted by Gasteiger charge is 2.25. The van der Waals surface area contributed by atoms with Crippen LogP contribution in [0, 0.1) is 0 Å². The molecule has 0 aromatic heterocycles. The van der Waals surface area contributed by atoms with Crippen LogP contribution in [-0.2, 0) is 51.6 Å². The minimum atomic E-state index is -4.54. The van der Waals surface area contributed by atoms with Crippen LogP contribution < -0.4 is 5.32 Å². The van der Waals surface area contributed by atoms with Crippen molar-refractivity contribution in [3.8, 4) is 0 Å². The van der Waals surface area contributed by atoms with Crippen molar-refractivity contribution < 1.29 is 66.1 Å². The number of carbonyl (C=O) groups is 4. The van der Waals surface area contributed by atoms with Crippen molar-refractivity contribution in [2.75, 3.05) is 52.8 Å². The van der Waals surface area contributed by atoms with Gasteiger partial charge in [0.25, 0.3) is 0 Å². The zero-order chi connectivity index (χ0) is 26.0. The lowest BCUT2D eigenvalue weighted by Gasteiger charge is -2.18. The molecule has 0 saturated heterocycles. The summed E-state index contributed by atoms with van der Waals surface area (Å²) >= 11 is 0. The summed E-state index contributed by atoms with van der Waals surface area (Å²) in [7, 11) is -4.54. The SMILES string of the molecule is CC(=O)OC[C@H](COP(=O)(O)OCCNC(=O)OCCOCCOC(=O)OC(C)C)OC(C)=O. The Kier molecular flexibility index (Phi) is 16.7. The molecule has 0 aliphatic heterocycles. The first-order chi connectivity index (χ1) is 15.9. The summed E-state index contributed by atoms with van der Waals surface area (Å²) in [6, 6.07) is 0. The average Bonchev–Trinajstić information content (AvgIpc) is 2.71. The number of hydrogen-bond donors (Lipinski definition) is 2. The molecular weight excluding hydrogens is 485 g/mol. The van der Waals surface area contributed by atoms with Gasteiger partial charge in [0, 0.05) is 20.4 Å². The fourth-order valence-corrected chi connectivity index (χ4v) is 2.60. The summed E-state index contributed by atoms with van der Waals surface area (Å²) in [4.78, 5) is 54.1. The summed E-state index contributed by atoms with van der Waals surface area (Å²) in [6.45, 7) is 4.10. The molecule has 15 nitrogen and oxygen atoms in total. The molecule has 0 spiro atoms. The molecule has 0 heterocycles. The number of carbonyl (C=O) groups excluding carboxylic acids is 4. The maximum Gasteiger partial charge on any atom is 0.508 e. The van der Waals surface area contributed by atoms with E-state index in [2.05, 4.69) is 14.6 Å². The molecule has 0 aromatic carbocycles. The first-order valence-corrected chi connectivity index (χ1v) is 11.6. The van der Waals surface area contributed by atoms with Gasteiger partial charge in [0.05, 0.1) is 32.5 Å². The minimum Gasteiger partial charge on any atom is -0.462 e. The number of esters is 2. The monoisotopic (exact) mass is 517 g/mol. The van der Waals surface area contributed by atoms with Crippen molar-refractivity contribution in [3.63, 3.8) is 0 Å². The van der Waals surface area contributed by atoms with Gasteiger partial charge >= 0.3 is 32.0 Å². The third kappa shape index (κ3) is 20.2. The van der Waals surface area contributed by atoms with Gasteiger partial charge < -0.3 is 38.6 Å². The van der Waals surface area contributed by atoms with Gasteiger partial charge in [-0.1, -0.05) is 0 Å². The number of rotatable bonds is 17. The second kappa shape index (κ2) is 18.0. The highest BCUT2D eigenvalue weighted by molar-refractivity contribution is 7.47. The zero-order valence-electron chi connectivity index (χ0n) is 19.5. The number of ether oxygens (including phenoxy) is 6. The Morgan fingerprint density at radius 2 is 1.47 bits per heavy atom. The summed E-state index contributed by atoms with van der Waals surface area (Å²) in [5.41, 5.74) is 0. The molecule has 1 unspecified atom stereocenters. The lowest BCUT2D eigenvalue weighted by molar-refractivity contribution is -0.158. The highest BCUT2D eigenvalue weighted by atomic mass is 31.2. The lowest BCUT2D eigenvalue weighted by atomic mass is 10.4. The normalized spacial score (nSPS) is 13.4. The van der Waals surface area contributed by atoms with Crippen molar-refractivity contribution in [1.29, 1.82) is 0 Å². The molecule has 0 radical (unpaired) electrons. The van der Waals surface area contributed by atoms with Crippen molar-refractivity contribution in [2.45, 2.75) is 39.9 Å². The van der Waals surface area contributed by atoms with E-state index in [1.165, 1.54) is 0 Å². The molecule has 0 fully saturated rings. The molecule has 0 bridgehead atoms. The van der Waals surface area contributed by atoms with E-state index in [9.17, 15) is 28.6 Å². The Morgan fingerprint density at radius 3 is 2.06 bits per heavy atom. The van der Waals surface area contributed by atoms with Crippen molar-refractivity contribution >= 4 is 32.0 Å². The van der Waals surface area contributed by atoms with Gasteiger partial charge in [0.2, 0.25) is 0 Å². The molecule has 0 saturated carbocycles. The Hall–Kier alpha value is -2.45. The smallest absolute Gasteiger partial charge is 0.462 e. The van der Waals surface area contributed by atoms with E-state index >= 15 is 0 Å². The largest absolute Gasteiger partial charge is 0.508 e. The Morgan fingerprint density at radius 1 is 0.824 bits per heavy atom. The first-order valence-electron chi connectivity index (χ1n) is 10.2. The van der Waals surface area contributed by atoms with E-state index in [1.807, 2.05) is 0 Å². The van der Waals surface area contributed by atoms with Crippen molar-refractivity contribution in [2.24, 2.45) is 0 Å². The zero-order valence-corrected chi connectivity index (χ0v) is 20.4. The Balaban J connectivity index is 3.90. The maximum absolute atomic E-state index is 11.8. The summed E-state index contributed by atoms with van der Waals surface area (Å²) in [5.74, 6) is -1.34. The van der Waals surface area contributed by atoms with E-state index < -0.39 is 51.3 Å². The van der Waals surface area contributed by atoms with Crippen LogP contribution in [0.4, 0.5) is 9.59 Å². The van der Waals surface area contributed by atoms with Crippen molar-refractivity contribution in [3.05, 3.63) is 0 Å². The minimum absolute atomic E-state index is 0.0241. The van der Waals surface area contributed by atoms with Gasteiger partial charge in [-0.15, -0.1) is 0 Å². The average molecular weight is 517 g/mol. The second-order valence-corrected chi connectivity index (χ2v) is 8.03. The molecule has 0 rings (SSSR count). The summed E-state index contributed by atoms with van der Waals surface area (Å²) in [6.07, 6.45) is -3.03. The molecule has 1 amide bonds. The fourth-order valence-electron chi connectivity index (χ4n) is 1.85. The van der Waals surface area contributed by atoms with Gasteiger partial charge in [-0.25, -0.2) is 14.2 Å². The molecule has 0 aliphatic rings. The second-order valence-electron chi connectivity index (χ2n) is 6.57. The van der Waals surface area contributed by atoms with Gasteiger partial charge in [0.15, 0.2) is 6.10 Å². The molecule has 2 N–H and O–H groups in total. The lowest BCUT2D eigenvalue weighted by Crippen LogP contribution is -2.29. The number of phosphoric ester groups is 1. The molecule has 34 heavy (non-hydrogen) atoms. The van der Waals surface area contributed by atoms with Crippen LogP contribution in [0.5, 0.6) is 0 Å². The van der Waals surface area contributed by atoms with E-state index in [-0.39, 0.29) is 45.7 Å². The van der Waals surface area contributed by atoms with E-state index in [0.29, 0.717) is 0 Å². The van der Waals surface area contributed by atoms with Crippen LogP contribution in [0.1, 0.15) is 27.7 Å². The number of phosphoric acid groups is 1. The first kappa shape index (κ1) is 31.6. The topological polar surface area (TPSA) is 191 Å². The number of nitrogens with one attached hydrogen (secondary N) is 1. The fraction of sp³-hybridized carbons (Fsp3) is 0.778. The molecule has 0 aromatic rings. The van der Waals surface area contributed by atoms with Crippen LogP contribution in [0.15, 0.2) is 0 Å². The van der Waals surface area contributed by atoms with Gasteiger partial charge in [0.1, 0.15) is 19.8 Å². The van der Waals surface area contributed by atoms with Crippen LogP contribution in [0.3, 0.4) is 0 Å². The van der Waals surface area contributed by atoms with Crippen LogP contribution in [0.25, 0.3) is 0 Å². The highest BCUT2D eigenvalue weighted by Crippen LogP contribution is 2.43. The predicted molar refractivity (Wildman–Crippen MR) is 112 cm³/mol. The standard InChI is InChI=1S/C18H32NO14P/c1-13(2)32-18(23)28-10-8-26-7-9-27-17(22)19-5-6-30-34(24,25)31-12-16(33-15(4)21)11-29-14(3)20/h13,16H,5-12H2,1-4H3,(H,19,22)(H,24,25)/t16-/m1/s1. The van der Waals surface area contributed by atoms with E-state index in [4.69, 9.17) is 28.2 Å². The Bertz CT molecular complexity index is 686. The van der Waals surface area contributed by atoms with Crippen LogP contribution >= 0.6 is 7.82 Å². The number of amides is 1. The Labute approximate surface area is 196 Å². The molecule has 2 atom stereocenters. The van der Waals surface area contributed by atoms with Gasteiger partial charge in [-0.2, -0.15) is 0 Å². The van der Waals surface area contributed by atoms with Gasteiger partial charge in [-0.3, -0.25) is 18.6 Å². The van der Waals surface area contributed by atoms with Crippen LogP contribution in [0.2, 0.25) is 0 Å². The van der Waals surface area contributed by atoms with Gasteiger partial charge in [-0.05, 0) is 13.8 Å². The third-order valence-corrected chi connectivity index (χ3v) is 4.08. The molecule has 198 valence electrons. The summed E-state index contributed by atoms with van der Waals surface area (Å²) in [5, 5.41) is 2.27. The quantitative estimate of drug-likeness (QED) is 0.120. The predicted octanol–water partition coefficient (Wildman–Crippen LogP) is 0.919. The molecule has 0 aliphatic carbocycles. The number of alkyl carbamates (subject to hydrolysis) is 1. The molecule has 16 heteroatoms. The van der Waals surface area contributed by atoms with E-state index in [1.54, 1.807) is 13.8 Å². The van der Waals surface area contributed by atoms with Crippen LogP contribution in [-0.4, -0.2) is 94.1 Å². The van der Waals surface area contributed by atoms with E-state index in [0.717, 1.165) is 13.8 Å². The number of hydrogen-bond acceptors (Lipinski definition) is 13. The summed E-state index contributed by atoms with van der Waals surface area (Å²) < 4.78 is 50.1. The maximum atomic E-state index is 11.8.